The molecule has 1 amide bonds. The Labute approximate surface area is 146 Å². The number of likely N-dealkylation sites (N-methyl/N-ethyl adjacent to an activating group) is 1. The van der Waals surface area contributed by atoms with Crippen LogP contribution in [0.2, 0.25) is 10.0 Å². The molecule has 2 rings (SSSR count). The molecule has 0 aromatic heterocycles. The number of hydrogen-bond donors (Lipinski definition) is 1. The highest BCUT2D eigenvalue weighted by Crippen LogP contribution is 2.25. The quantitative estimate of drug-likeness (QED) is 0.847. The van der Waals surface area contributed by atoms with Crippen molar-refractivity contribution in [2.75, 3.05) is 44.3 Å². The molecule has 128 valence electrons. The Morgan fingerprint density at radius 2 is 1.87 bits per heavy atom. The van der Waals surface area contributed by atoms with E-state index < -0.39 is 15.9 Å². The number of rotatable bonds is 5. The fraction of sp³-hybridized carbons (Fsp3) is 0.500. The predicted octanol–water partition coefficient (Wildman–Crippen LogP) is 1.90. The second-order valence-corrected chi connectivity index (χ2v) is 8.37. The summed E-state index contributed by atoms with van der Waals surface area (Å²) >= 11 is 11.8. The van der Waals surface area contributed by atoms with Gasteiger partial charge in [-0.15, -0.1) is 0 Å². The highest BCUT2D eigenvalue weighted by molar-refractivity contribution is 7.89. The molecule has 6 nitrogen and oxygen atoms in total. The number of anilines is 1. The van der Waals surface area contributed by atoms with Gasteiger partial charge in [0, 0.05) is 37.6 Å². The van der Waals surface area contributed by atoms with E-state index in [1.807, 2.05) is 7.05 Å². The number of halogens is 2. The standard InChI is InChI=1S/C14H19Cl2N3O3S/c1-18-5-7-19(8-6-18)23(21,22)9-4-14(20)17-13-10-11(15)2-3-12(13)16/h2-3,10H,4-9H2,1H3,(H,17,20). The number of amides is 1. The summed E-state index contributed by atoms with van der Waals surface area (Å²) in [6.07, 6.45) is -0.127. The van der Waals surface area contributed by atoms with Crippen LogP contribution in [0, 0.1) is 0 Å². The summed E-state index contributed by atoms with van der Waals surface area (Å²) in [4.78, 5) is 14.0. The maximum atomic E-state index is 12.3. The monoisotopic (exact) mass is 379 g/mol. The molecule has 9 heteroatoms. The molecule has 1 N–H and O–H groups in total. The molecule has 1 saturated heterocycles. The van der Waals surface area contributed by atoms with Gasteiger partial charge in [0.25, 0.3) is 0 Å². The molecule has 1 heterocycles. The van der Waals surface area contributed by atoms with Gasteiger partial charge in [0.15, 0.2) is 0 Å². The van der Waals surface area contributed by atoms with Gasteiger partial charge in [0.1, 0.15) is 0 Å². The number of nitrogens with zero attached hydrogens (tertiary/aromatic N) is 2. The Balaban J connectivity index is 1.89. The van der Waals surface area contributed by atoms with Crippen LogP contribution in [0.5, 0.6) is 0 Å². The number of carbonyl (C=O) groups is 1. The van der Waals surface area contributed by atoms with Crippen molar-refractivity contribution in [2.24, 2.45) is 0 Å². The number of hydrogen-bond acceptors (Lipinski definition) is 4. The zero-order valence-corrected chi connectivity index (χ0v) is 15.1. The SMILES string of the molecule is CN1CCN(S(=O)(=O)CCC(=O)Nc2cc(Cl)ccc2Cl)CC1. The van der Waals surface area contributed by atoms with Crippen LogP contribution in [0.3, 0.4) is 0 Å². The lowest BCUT2D eigenvalue weighted by molar-refractivity contribution is -0.115. The molecule has 1 aliphatic heterocycles. The first-order valence-electron chi connectivity index (χ1n) is 7.19. The van der Waals surface area contributed by atoms with Gasteiger partial charge in [-0.1, -0.05) is 23.2 Å². The Bertz CT molecular complexity index is 674. The molecule has 1 aliphatic rings. The van der Waals surface area contributed by atoms with Gasteiger partial charge in [-0.05, 0) is 25.2 Å². The zero-order valence-electron chi connectivity index (χ0n) is 12.8. The van der Waals surface area contributed by atoms with Crippen molar-refractivity contribution in [3.05, 3.63) is 28.2 Å². The van der Waals surface area contributed by atoms with Crippen molar-refractivity contribution in [3.63, 3.8) is 0 Å². The summed E-state index contributed by atoms with van der Waals surface area (Å²) < 4.78 is 25.9. The molecule has 0 aliphatic carbocycles. The number of carbonyl (C=O) groups excluding carboxylic acids is 1. The second-order valence-electron chi connectivity index (χ2n) is 5.44. The predicted molar refractivity (Wildman–Crippen MR) is 92.6 cm³/mol. The summed E-state index contributed by atoms with van der Waals surface area (Å²) in [5.41, 5.74) is 0.376. The van der Waals surface area contributed by atoms with Gasteiger partial charge in [-0.25, -0.2) is 8.42 Å². The van der Waals surface area contributed by atoms with Gasteiger partial charge in [0.2, 0.25) is 15.9 Å². The molecule has 0 saturated carbocycles. The summed E-state index contributed by atoms with van der Waals surface area (Å²) in [5.74, 6) is -0.632. The largest absolute Gasteiger partial charge is 0.325 e. The van der Waals surface area contributed by atoms with Crippen molar-refractivity contribution in [1.82, 2.24) is 9.21 Å². The lowest BCUT2D eigenvalue weighted by atomic mass is 10.3. The smallest absolute Gasteiger partial charge is 0.225 e. The minimum Gasteiger partial charge on any atom is -0.325 e. The lowest BCUT2D eigenvalue weighted by Gasteiger charge is -2.31. The highest BCUT2D eigenvalue weighted by Gasteiger charge is 2.26. The number of sulfonamides is 1. The molecular weight excluding hydrogens is 361 g/mol. The molecule has 0 unspecified atom stereocenters. The average Bonchev–Trinajstić information content (AvgIpc) is 2.49. The molecule has 1 aromatic rings. The van der Waals surface area contributed by atoms with E-state index in [-0.39, 0.29) is 12.2 Å². The minimum atomic E-state index is -3.43. The Kier molecular flexibility index (Phi) is 6.27. The third kappa shape index (κ3) is 5.32. The van der Waals surface area contributed by atoms with E-state index in [2.05, 4.69) is 10.2 Å². The summed E-state index contributed by atoms with van der Waals surface area (Å²) in [6, 6.07) is 4.70. The third-order valence-electron chi connectivity index (χ3n) is 3.65. The van der Waals surface area contributed by atoms with Crippen LogP contribution in [-0.2, 0) is 14.8 Å². The maximum Gasteiger partial charge on any atom is 0.225 e. The first kappa shape index (κ1) is 18.5. The Morgan fingerprint density at radius 3 is 2.52 bits per heavy atom. The molecule has 0 spiro atoms. The Hall–Kier alpha value is -0.860. The number of nitrogens with one attached hydrogen (secondary N) is 1. The van der Waals surface area contributed by atoms with E-state index in [1.165, 1.54) is 10.4 Å². The van der Waals surface area contributed by atoms with E-state index in [1.54, 1.807) is 12.1 Å². The summed E-state index contributed by atoms with van der Waals surface area (Å²) in [5, 5.41) is 3.38. The molecule has 0 atom stereocenters. The fourth-order valence-electron chi connectivity index (χ4n) is 2.22. The van der Waals surface area contributed by atoms with Crippen molar-refractivity contribution in [3.8, 4) is 0 Å². The van der Waals surface area contributed by atoms with Crippen molar-refractivity contribution >= 4 is 44.8 Å². The molecule has 0 bridgehead atoms. The van der Waals surface area contributed by atoms with Crippen LogP contribution in [0.25, 0.3) is 0 Å². The van der Waals surface area contributed by atoms with Crippen LogP contribution in [0.1, 0.15) is 6.42 Å². The topological polar surface area (TPSA) is 69.7 Å². The van der Waals surface area contributed by atoms with E-state index >= 15 is 0 Å². The van der Waals surface area contributed by atoms with Crippen molar-refractivity contribution < 1.29 is 13.2 Å². The van der Waals surface area contributed by atoms with Gasteiger partial charge >= 0.3 is 0 Å². The van der Waals surface area contributed by atoms with Crippen molar-refractivity contribution in [2.45, 2.75) is 6.42 Å². The molecule has 1 fully saturated rings. The zero-order chi connectivity index (χ0) is 17.0. The normalized spacial score (nSPS) is 17.2. The van der Waals surface area contributed by atoms with E-state index in [0.29, 0.717) is 41.9 Å². The number of piperazine rings is 1. The first-order valence-corrected chi connectivity index (χ1v) is 9.56. The van der Waals surface area contributed by atoms with E-state index in [0.717, 1.165) is 0 Å². The molecular formula is C14H19Cl2N3O3S. The molecule has 0 radical (unpaired) electrons. The van der Waals surface area contributed by atoms with E-state index in [4.69, 9.17) is 23.2 Å². The Morgan fingerprint density at radius 1 is 1.22 bits per heavy atom. The van der Waals surface area contributed by atoms with Gasteiger partial charge in [-0.3, -0.25) is 4.79 Å². The molecule has 23 heavy (non-hydrogen) atoms. The summed E-state index contributed by atoms with van der Waals surface area (Å²) in [6.45, 7) is 2.31. The van der Waals surface area contributed by atoms with Gasteiger partial charge < -0.3 is 10.2 Å². The first-order chi connectivity index (χ1) is 10.8. The third-order valence-corrected chi connectivity index (χ3v) is 6.08. The van der Waals surface area contributed by atoms with Crippen LogP contribution in [0.4, 0.5) is 5.69 Å². The number of benzene rings is 1. The van der Waals surface area contributed by atoms with Crippen LogP contribution in [-0.4, -0.2) is 62.5 Å². The highest BCUT2D eigenvalue weighted by atomic mass is 35.5. The second kappa shape index (κ2) is 7.81. The van der Waals surface area contributed by atoms with Crippen LogP contribution >= 0.6 is 23.2 Å². The van der Waals surface area contributed by atoms with Gasteiger partial charge in [-0.2, -0.15) is 4.31 Å². The minimum absolute atomic E-state index is 0.127. The fourth-order valence-corrected chi connectivity index (χ4v) is 3.98. The van der Waals surface area contributed by atoms with Crippen molar-refractivity contribution in [1.29, 1.82) is 0 Å². The molecule has 1 aromatic carbocycles. The lowest BCUT2D eigenvalue weighted by Crippen LogP contribution is -2.48. The van der Waals surface area contributed by atoms with Gasteiger partial charge in [0.05, 0.1) is 16.5 Å². The summed E-state index contributed by atoms with van der Waals surface area (Å²) in [7, 11) is -1.48. The van der Waals surface area contributed by atoms with Crippen LogP contribution < -0.4 is 5.32 Å². The van der Waals surface area contributed by atoms with E-state index in [9.17, 15) is 13.2 Å². The van der Waals surface area contributed by atoms with Crippen LogP contribution in [0.15, 0.2) is 18.2 Å². The maximum absolute atomic E-state index is 12.3. The average molecular weight is 380 g/mol.